The first-order chi connectivity index (χ1) is 16.0. The summed E-state index contributed by atoms with van der Waals surface area (Å²) in [5, 5.41) is 0. The van der Waals surface area contributed by atoms with Crippen LogP contribution in [0.3, 0.4) is 0 Å². The molecule has 0 aliphatic heterocycles. The van der Waals surface area contributed by atoms with Crippen molar-refractivity contribution in [2.45, 2.75) is 153 Å². The molecule has 0 bridgehead atoms. The number of hydrogen-bond acceptors (Lipinski definition) is 2. The summed E-state index contributed by atoms with van der Waals surface area (Å²) in [6, 6.07) is 6.67. The van der Waals surface area contributed by atoms with E-state index in [0.29, 0.717) is 0 Å². The Morgan fingerprint density at radius 3 is 1.30 bits per heavy atom. The number of benzene rings is 1. The summed E-state index contributed by atoms with van der Waals surface area (Å²) < 4.78 is 31.5. The lowest BCUT2D eigenvalue weighted by atomic mass is 10.0. The summed E-state index contributed by atoms with van der Waals surface area (Å²) in [6.07, 6.45) is 29.8. The molecular weight excluding hydrogens is 428 g/mol. The maximum atomic E-state index is 11.2. The Hall–Kier alpha value is -0.870. The maximum Gasteiger partial charge on any atom is 0.294 e. The molecular formula is C29H52O3S. The van der Waals surface area contributed by atoms with Gasteiger partial charge in [-0.15, -0.1) is 0 Å². The molecule has 1 rings (SSSR count). The molecule has 1 N–H and O–H groups in total. The van der Waals surface area contributed by atoms with Gasteiger partial charge in [-0.3, -0.25) is 4.55 Å². The minimum atomic E-state index is -4.09. The van der Waals surface area contributed by atoms with Crippen molar-refractivity contribution in [1.29, 1.82) is 0 Å². The third-order valence-corrected chi connectivity index (χ3v) is 7.61. The number of rotatable bonds is 23. The maximum absolute atomic E-state index is 11.2. The van der Waals surface area contributed by atoms with Crippen molar-refractivity contribution in [3.63, 3.8) is 0 Å². The van der Waals surface area contributed by atoms with Crippen LogP contribution in [-0.4, -0.2) is 13.0 Å². The molecule has 0 fully saturated rings. The highest BCUT2D eigenvalue weighted by Gasteiger charge is 2.09. The first-order valence-corrected chi connectivity index (χ1v) is 15.5. The van der Waals surface area contributed by atoms with Gasteiger partial charge in [-0.2, -0.15) is 8.42 Å². The fourth-order valence-electron chi connectivity index (χ4n) is 4.62. The van der Waals surface area contributed by atoms with Crippen LogP contribution in [0, 0.1) is 0 Å². The van der Waals surface area contributed by atoms with E-state index < -0.39 is 10.1 Å². The van der Waals surface area contributed by atoms with E-state index in [1.165, 1.54) is 134 Å². The van der Waals surface area contributed by atoms with Gasteiger partial charge in [-0.25, -0.2) is 0 Å². The SMILES string of the molecule is CCCCCCCCCCCCCCCCCCCCCCCc1cccc(S(=O)(=O)O)c1. The van der Waals surface area contributed by atoms with Gasteiger partial charge in [0, 0.05) is 0 Å². The van der Waals surface area contributed by atoms with Gasteiger partial charge in [0.2, 0.25) is 0 Å². The predicted molar refractivity (Wildman–Crippen MR) is 143 cm³/mol. The first-order valence-electron chi connectivity index (χ1n) is 14.1. The van der Waals surface area contributed by atoms with Crippen molar-refractivity contribution in [3.8, 4) is 0 Å². The summed E-state index contributed by atoms with van der Waals surface area (Å²) in [5.74, 6) is 0. The monoisotopic (exact) mass is 480 g/mol. The van der Waals surface area contributed by atoms with Crippen molar-refractivity contribution in [2.75, 3.05) is 0 Å². The average molecular weight is 481 g/mol. The van der Waals surface area contributed by atoms with Crippen molar-refractivity contribution < 1.29 is 13.0 Å². The minimum absolute atomic E-state index is 0.00324. The molecule has 0 saturated carbocycles. The molecule has 0 aliphatic rings. The fraction of sp³-hybridized carbons (Fsp3) is 0.793. The van der Waals surface area contributed by atoms with E-state index in [-0.39, 0.29) is 4.90 Å². The lowest BCUT2D eigenvalue weighted by Crippen LogP contribution is -1.98. The summed E-state index contributed by atoms with van der Waals surface area (Å²) in [6.45, 7) is 2.29. The van der Waals surface area contributed by atoms with Crippen molar-refractivity contribution in [1.82, 2.24) is 0 Å². The third kappa shape index (κ3) is 18.2. The summed E-state index contributed by atoms with van der Waals surface area (Å²) in [7, 11) is -4.09. The van der Waals surface area contributed by atoms with Crippen LogP contribution in [0.25, 0.3) is 0 Å². The topological polar surface area (TPSA) is 54.4 Å². The highest BCUT2D eigenvalue weighted by molar-refractivity contribution is 7.85. The van der Waals surface area contributed by atoms with Gasteiger partial charge < -0.3 is 0 Å². The van der Waals surface area contributed by atoms with Crippen molar-refractivity contribution >= 4 is 10.1 Å². The second kappa shape index (κ2) is 20.5. The third-order valence-electron chi connectivity index (χ3n) is 6.77. The highest BCUT2D eigenvalue weighted by Crippen LogP contribution is 2.17. The molecule has 33 heavy (non-hydrogen) atoms. The van der Waals surface area contributed by atoms with E-state index in [0.717, 1.165) is 18.4 Å². The van der Waals surface area contributed by atoms with Gasteiger partial charge in [0.05, 0.1) is 4.90 Å². The summed E-state index contributed by atoms with van der Waals surface area (Å²) >= 11 is 0. The predicted octanol–water partition coefficient (Wildman–Crippen LogP) is 9.69. The minimum Gasteiger partial charge on any atom is -0.282 e. The fourth-order valence-corrected chi connectivity index (χ4v) is 5.17. The van der Waals surface area contributed by atoms with E-state index in [1.54, 1.807) is 12.1 Å². The molecule has 0 spiro atoms. The second-order valence-corrected chi connectivity index (χ2v) is 11.4. The van der Waals surface area contributed by atoms with Crippen LogP contribution in [0.5, 0.6) is 0 Å². The van der Waals surface area contributed by atoms with E-state index >= 15 is 0 Å². The van der Waals surface area contributed by atoms with E-state index in [1.807, 2.05) is 6.07 Å². The number of unbranched alkanes of at least 4 members (excludes halogenated alkanes) is 20. The molecule has 3 nitrogen and oxygen atoms in total. The van der Waals surface area contributed by atoms with Gasteiger partial charge in [0.1, 0.15) is 0 Å². The molecule has 1 aromatic carbocycles. The standard InChI is InChI=1S/C29H52O3S/c1-2-3-4-5-6-7-8-9-10-11-12-13-14-15-16-17-18-19-20-21-22-24-28-25-23-26-29(27-28)33(30,31)32/h23,25-27H,2-22,24H2,1H3,(H,30,31,32). The van der Waals surface area contributed by atoms with Gasteiger partial charge >= 0.3 is 0 Å². The molecule has 4 heteroatoms. The summed E-state index contributed by atoms with van der Waals surface area (Å²) in [4.78, 5) is 0.00324. The lowest BCUT2D eigenvalue weighted by Gasteiger charge is -2.05. The molecule has 0 saturated heterocycles. The lowest BCUT2D eigenvalue weighted by molar-refractivity contribution is 0.483. The molecule has 192 valence electrons. The Bertz CT molecular complexity index is 669. The van der Waals surface area contributed by atoms with Crippen LogP contribution in [0.2, 0.25) is 0 Å². The van der Waals surface area contributed by atoms with Gasteiger partial charge in [0.15, 0.2) is 0 Å². The Labute approximate surface area is 205 Å². The van der Waals surface area contributed by atoms with Crippen LogP contribution in [0.4, 0.5) is 0 Å². The Kier molecular flexibility index (Phi) is 18.7. The largest absolute Gasteiger partial charge is 0.294 e. The smallest absolute Gasteiger partial charge is 0.282 e. The Morgan fingerprint density at radius 2 is 0.939 bits per heavy atom. The average Bonchev–Trinajstić information content (AvgIpc) is 2.79. The second-order valence-electron chi connectivity index (χ2n) is 9.94. The summed E-state index contributed by atoms with van der Waals surface area (Å²) in [5.41, 5.74) is 0.989. The Balaban J connectivity index is 1.79. The molecule has 0 unspecified atom stereocenters. The van der Waals surface area contributed by atoms with Crippen LogP contribution in [0.1, 0.15) is 147 Å². The zero-order valence-electron chi connectivity index (χ0n) is 21.5. The van der Waals surface area contributed by atoms with E-state index in [2.05, 4.69) is 6.92 Å². The van der Waals surface area contributed by atoms with Crippen molar-refractivity contribution in [2.24, 2.45) is 0 Å². The zero-order chi connectivity index (χ0) is 24.0. The quantitative estimate of drug-likeness (QED) is 0.125. The number of aryl methyl sites for hydroxylation is 1. The van der Waals surface area contributed by atoms with Gasteiger partial charge in [-0.1, -0.05) is 147 Å². The molecule has 0 heterocycles. The van der Waals surface area contributed by atoms with Crippen LogP contribution >= 0.6 is 0 Å². The molecule has 0 radical (unpaired) electrons. The highest BCUT2D eigenvalue weighted by atomic mass is 32.2. The van der Waals surface area contributed by atoms with Crippen LogP contribution in [-0.2, 0) is 16.5 Å². The molecule has 0 atom stereocenters. The molecule has 1 aromatic rings. The van der Waals surface area contributed by atoms with Crippen LogP contribution < -0.4 is 0 Å². The number of hydrogen-bond donors (Lipinski definition) is 1. The molecule has 0 aliphatic carbocycles. The van der Waals surface area contributed by atoms with Crippen molar-refractivity contribution in [3.05, 3.63) is 29.8 Å². The van der Waals surface area contributed by atoms with E-state index in [4.69, 9.17) is 4.55 Å². The van der Waals surface area contributed by atoms with E-state index in [9.17, 15) is 8.42 Å². The van der Waals surface area contributed by atoms with Crippen LogP contribution in [0.15, 0.2) is 29.2 Å². The molecule has 0 amide bonds. The zero-order valence-corrected chi connectivity index (χ0v) is 22.4. The van der Waals surface area contributed by atoms with Gasteiger partial charge in [-0.05, 0) is 30.5 Å². The first kappa shape index (κ1) is 30.2. The molecule has 0 aromatic heterocycles. The van der Waals surface area contributed by atoms with Gasteiger partial charge in [0.25, 0.3) is 10.1 Å². The normalized spacial score (nSPS) is 11.8. The Morgan fingerprint density at radius 1 is 0.576 bits per heavy atom.